The summed E-state index contributed by atoms with van der Waals surface area (Å²) in [5, 5.41) is 0.970. The smallest absolute Gasteiger partial charge is 0.178 e. The van der Waals surface area contributed by atoms with Crippen LogP contribution < -0.4 is 0 Å². The maximum Gasteiger partial charge on any atom is 0.178 e. The van der Waals surface area contributed by atoms with Crippen molar-refractivity contribution in [1.82, 2.24) is 4.90 Å². The van der Waals surface area contributed by atoms with Gasteiger partial charge in [0, 0.05) is 10.6 Å². The topological polar surface area (TPSA) is 20.3 Å². The lowest BCUT2D eigenvalue weighted by Crippen LogP contribution is -2.21. The number of carbonyl (C=O) groups is 1. The van der Waals surface area contributed by atoms with Crippen molar-refractivity contribution >= 4 is 29.0 Å². The van der Waals surface area contributed by atoms with Crippen molar-refractivity contribution in [2.24, 2.45) is 0 Å². The van der Waals surface area contributed by atoms with Crippen LogP contribution in [0.3, 0.4) is 0 Å². The molecular formula is C10H11Cl2NO. The van der Waals surface area contributed by atoms with E-state index in [0.717, 1.165) is 0 Å². The van der Waals surface area contributed by atoms with Crippen LogP contribution in [0.2, 0.25) is 10.0 Å². The minimum Gasteiger partial charge on any atom is -0.302 e. The van der Waals surface area contributed by atoms with E-state index < -0.39 is 0 Å². The van der Waals surface area contributed by atoms with Gasteiger partial charge in [-0.2, -0.15) is 0 Å². The normalized spacial score (nSPS) is 10.6. The molecule has 0 N–H and O–H groups in total. The van der Waals surface area contributed by atoms with Gasteiger partial charge in [-0.3, -0.25) is 4.79 Å². The quantitative estimate of drug-likeness (QED) is 0.747. The van der Waals surface area contributed by atoms with E-state index in [-0.39, 0.29) is 5.78 Å². The Morgan fingerprint density at radius 1 is 1.36 bits per heavy atom. The van der Waals surface area contributed by atoms with Crippen molar-refractivity contribution in [3.05, 3.63) is 33.8 Å². The summed E-state index contributed by atoms with van der Waals surface area (Å²) in [5.41, 5.74) is 0.480. The van der Waals surface area contributed by atoms with E-state index in [4.69, 9.17) is 23.2 Å². The first-order chi connectivity index (χ1) is 6.50. The summed E-state index contributed by atoms with van der Waals surface area (Å²) >= 11 is 11.6. The minimum atomic E-state index is -0.0255. The molecule has 0 saturated carbocycles. The third-order valence-electron chi connectivity index (χ3n) is 1.69. The molecule has 0 aliphatic carbocycles. The molecule has 0 unspecified atom stereocenters. The van der Waals surface area contributed by atoms with E-state index in [2.05, 4.69) is 0 Å². The summed E-state index contributed by atoms with van der Waals surface area (Å²) in [7, 11) is 3.66. The molecule has 1 aromatic rings. The number of hydrogen-bond acceptors (Lipinski definition) is 2. The number of ketones is 1. The monoisotopic (exact) mass is 231 g/mol. The van der Waals surface area contributed by atoms with Crippen molar-refractivity contribution in [3.8, 4) is 0 Å². The summed E-state index contributed by atoms with van der Waals surface area (Å²) in [6.07, 6.45) is 0. The van der Waals surface area contributed by atoms with Crippen LogP contribution in [0.5, 0.6) is 0 Å². The van der Waals surface area contributed by atoms with Gasteiger partial charge in [-0.15, -0.1) is 0 Å². The molecule has 2 nitrogen and oxygen atoms in total. The highest BCUT2D eigenvalue weighted by molar-refractivity contribution is 6.36. The number of benzene rings is 1. The van der Waals surface area contributed by atoms with Crippen LogP contribution in [0.1, 0.15) is 10.4 Å². The molecule has 0 amide bonds. The van der Waals surface area contributed by atoms with Crippen molar-refractivity contribution < 1.29 is 4.79 Å². The number of likely N-dealkylation sites (N-methyl/N-ethyl adjacent to an activating group) is 1. The Morgan fingerprint density at radius 2 is 2.00 bits per heavy atom. The van der Waals surface area contributed by atoms with Gasteiger partial charge in [0.25, 0.3) is 0 Å². The lowest BCUT2D eigenvalue weighted by atomic mass is 10.1. The molecule has 0 heterocycles. The highest BCUT2D eigenvalue weighted by atomic mass is 35.5. The van der Waals surface area contributed by atoms with E-state index in [9.17, 15) is 4.79 Å². The first-order valence-electron chi connectivity index (χ1n) is 4.13. The van der Waals surface area contributed by atoms with Crippen LogP contribution in [-0.2, 0) is 0 Å². The standard InChI is InChI=1S/C10H11Cl2NO/c1-13(2)6-10(14)8-5-7(11)3-4-9(8)12/h3-5H,6H2,1-2H3. The maximum atomic E-state index is 11.6. The van der Waals surface area contributed by atoms with Crippen molar-refractivity contribution in [1.29, 1.82) is 0 Å². The Balaban J connectivity index is 2.94. The third-order valence-corrected chi connectivity index (χ3v) is 2.25. The number of nitrogens with zero attached hydrogens (tertiary/aromatic N) is 1. The van der Waals surface area contributed by atoms with Gasteiger partial charge >= 0.3 is 0 Å². The predicted molar refractivity (Wildman–Crippen MR) is 59.3 cm³/mol. The summed E-state index contributed by atoms with van der Waals surface area (Å²) in [6, 6.07) is 4.89. The molecule has 0 saturated heterocycles. The zero-order chi connectivity index (χ0) is 10.7. The summed E-state index contributed by atoms with van der Waals surface area (Å²) in [5.74, 6) is -0.0255. The lowest BCUT2D eigenvalue weighted by Gasteiger charge is -2.09. The molecule has 0 fully saturated rings. The zero-order valence-corrected chi connectivity index (χ0v) is 9.56. The van der Waals surface area contributed by atoms with Crippen molar-refractivity contribution in [3.63, 3.8) is 0 Å². The highest BCUT2D eigenvalue weighted by Gasteiger charge is 2.11. The molecule has 0 spiro atoms. The number of rotatable bonds is 3. The van der Waals surface area contributed by atoms with Gasteiger partial charge in [0.05, 0.1) is 11.6 Å². The first-order valence-corrected chi connectivity index (χ1v) is 4.89. The Hall–Kier alpha value is -0.570. The van der Waals surface area contributed by atoms with Crippen molar-refractivity contribution in [2.75, 3.05) is 20.6 Å². The van der Waals surface area contributed by atoms with Crippen LogP contribution in [-0.4, -0.2) is 31.3 Å². The van der Waals surface area contributed by atoms with Gasteiger partial charge in [0.15, 0.2) is 5.78 Å². The second-order valence-electron chi connectivity index (χ2n) is 3.29. The molecule has 0 aliphatic heterocycles. The van der Waals surface area contributed by atoms with E-state index in [1.807, 2.05) is 14.1 Å². The third kappa shape index (κ3) is 2.98. The zero-order valence-electron chi connectivity index (χ0n) is 8.05. The number of hydrogen-bond donors (Lipinski definition) is 0. The second-order valence-corrected chi connectivity index (χ2v) is 4.13. The van der Waals surface area contributed by atoms with Crippen LogP contribution in [0.15, 0.2) is 18.2 Å². The molecule has 0 aromatic heterocycles. The SMILES string of the molecule is CN(C)CC(=O)c1cc(Cl)ccc1Cl. The molecule has 1 aromatic carbocycles. The average molecular weight is 232 g/mol. The Morgan fingerprint density at radius 3 is 2.57 bits per heavy atom. The molecule has 1 rings (SSSR count). The highest BCUT2D eigenvalue weighted by Crippen LogP contribution is 2.21. The van der Waals surface area contributed by atoms with Crippen molar-refractivity contribution in [2.45, 2.75) is 0 Å². The molecular weight excluding hydrogens is 221 g/mol. The van der Waals surface area contributed by atoms with E-state index in [1.54, 1.807) is 23.1 Å². The Kier molecular flexibility index (Phi) is 3.93. The molecule has 14 heavy (non-hydrogen) atoms. The predicted octanol–water partition coefficient (Wildman–Crippen LogP) is 2.74. The van der Waals surface area contributed by atoms with Crippen LogP contribution in [0.4, 0.5) is 0 Å². The summed E-state index contributed by atoms with van der Waals surface area (Å²) < 4.78 is 0. The summed E-state index contributed by atoms with van der Waals surface area (Å²) in [4.78, 5) is 13.4. The van der Waals surface area contributed by atoms with Gasteiger partial charge in [-0.1, -0.05) is 23.2 Å². The van der Waals surface area contributed by atoms with E-state index in [1.165, 1.54) is 0 Å². The van der Waals surface area contributed by atoms with Gasteiger partial charge in [0.1, 0.15) is 0 Å². The van der Waals surface area contributed by atoms with E-state index >= 15 is 0 Å². The molecule has 0 radical (unpaired) electrons. The average Bonchev–Trinajstić information content (AvgIpc) is 2.08. The second kappa shape index (κ2) is 4.78. The minimum absolute atomic E-state index is 0.0255. The molecule has 0 bridgehead atoms. The molecule has 4 heteroatoms. The molecule has 0 atom stereocenters. The van der Waals surface area contributed by atoms with Gasteiger partial charge in [0.2, 0.25) is 0 Å². The fourth-order valence-electron chi connectivity index (χ4n) is 1.08. The summed E-state index contributed by atoms with van der Waals surface area (Å²) in [6.45, 7) is 0.333. The van der Waals surface area contributed by atoms with Gasteiger partial charge in [-0.25, -0.2) is 0 Å². The Labute approximate surface area is 93.4 Å². The molecule has 76 valence electrons. The first kappa shape index (κ1) is 11.5. The fourth-order valence-corrected chi connectivity index (χ4v) is 1.48. The van der Waals surface area contributed by atoms with Crippen LogP contribution >= 0.6 is 23.2 Å². The van der Waals surface area contributed by atoms with Gasteiger partial charge in [-0.05, 0) is 32.3 Å². The lowest BCUT2D eigenvalue weighted by molar-refractivity contribution is 0.0958. The Bertz CT molecular complexity index is 350. The number of Topliss-reactive ketones (excluding diaryl/α,β-unsaturated/α-hetero) is 1. The van der Waals surface area contributed by atoms with Crippen LogP contribution in [0.25, 0.3) is 0 Å². The number of halogens is 2. The molecule has 0 aliphatic rings. The van der Waals surface area contributed by atoms with E-state index in [0.29, 0.717) is 22.2 Å². The van der Waals surface area contributed by atoms with Gasteiger partial charge < -0.3 is 4.90 Å². The number of carbonyl (C=O) groups excluding carboxylic acids is 1. The largest absolute Gasteiger partial charge is 0.302 e. The van der Waals surface area contributed by atoms with Crippen LogP contribution in [0, 0.1) is 0 Å². The maximum absolute atomic E-state index is 11.6. The fraction of sp³-hybridized carbons (Fsp3) is 0.300.